The number of esters is 1. The maximum atomic E-state index is 13.1. The highest BCUT2D eigenvalue weighted by molar-refractivity contribution is 5.98. The number of carbonyl (C=O) groups excluding carboxylic acids is 2. The number of hydrogen-bond acceptors (Lipinski definition) is 8. The molecule has 9 nitrogen and oxygen atoms in total. The summed E-state index contributed by atoms with van der Waals surface area (Å²) in [5, 5.41) is 36.7. The van der Waals surface area contributed by atoms with E-state index in [-0.39, 0.29) is 43.3 Å². The van der Waals surface area contributed by atoms with Gasteiger partial charge < -0.3 is 31.1 Å². The molecule has 6 unspecified atom stereocenters. The van der Waals surface area contributed by atoms with Crippen LogP contribution < -0.4 is 11.1 Å². The highest BCUT2D eigenvalue weighted by Crippen LogP contribution is 2.38. The SMILES string of the molecule is NCC(C(=O)Nc1ccc2cnccc2c1)c1ccc(COC(=O)CCCC=CCC2C(O)CC(O)C2CCC(O)CCc2ccccc2)cc1. The van der Waals surface area contributed by atoms with Crippen molar-refractivity contribution in [1.29, 1.82) is 0 Å². The molecule has 0 spiro atoms. The van der Waals surface area contributed by atoms with Gasteiger partial charge in [0.05, 0.1) is 24.2 Å². The first-order chi connectivity index (χ1) is 24.8. The Morgan fingerprint density at radius 3 is 2.49 bits per heavy atom. The molecular weight excluding hydrogens is 642 g/mol. The molecule has 0 aliphatic heterocycles. The van der Waals surface area contributed by atoms with E-state index in [4.69, 9.17) is 10.5 Å². The Morgan fingerprint density at radius 2 is 1.71 bits per heavy atom. The molecule has 1 fully saturated rings. The molecular formula is C42H51N3O6. The van der Waals surface area contributed by atoms with Crippen molar-refractivity contribution in [3.05, 3.63) is 120 Å². The minimum absolute atomic E-state index is 0.0491. The van der Waals surface area contributed by atoms with E-state index in [0.717, 1.165) is 28.3 Å². The lowest BCUT2D eigenvalue weighted by Crippen LogP contribution is -2.27. The standard InChI is InChI=1S/C42H51N3O6/c43-26-38(42(50)45-34-18-17-33-27-44-23-22-32(33)24-34)31-15-12-30(13-16-31)28-51-41(49)11-7-2-1-6-10-36-37(40(48)25-39(36)47)21-20-35(46)19-14-29-8-4-3-5-9-29/h1,3-6,8-9,12-13,15-18,22-24,27,35-40,46-48H,2,7,10-11,14,19-21,25-26,28,43H2,(H,45,50). The number of pyridine rings is 1. The number of aryl methyl sites for hydroxylation is 1. The first-order valence-corrected chi connectivity index (χ1v) is 18.1. The van der Waals surface area contributed by atoms with Gasteiger partial charge in [-0.3, -0.25) is 14.6 Å². The highest BCUT2D eigenvalue weighted by Gasteiger charge is 2.40. The number of rotatable bonds is 18. The molecule has 3 aromatic carbocycles. The minimum atomic E-state index is -0.563. The molecule has 1 heterocycles. The Balaban J connectivity index is 0.983. The number of nitrogens with two attached hydrogens (primary N) is 1. The lowest BCUT2D eigenvalue weighted by molar-refractivity contribution is -0.145. The molecule has 0 bridgehead atoms. The van der Waals surface area contributed by atoms with Crippen LogP contribution in [-0.2, 0) is 27.4 Å². The lowest BCUT2D eigenvalue weighted by Gasteiger charge is -2.23. The van der Waals surface area contributed by atoms with Gasteiger partial charge in [-0.1, -0.05) is 72.8 Å². The van der Waals surface area contributed by atoms with Gasteiger partial charge in [-0.15, -0.1) is 0 Å². The molecule has 6 atom stereocenters. The van der Waals surface area contributed by atoms with Crippen LogP contribution in [0.15, 0.2) is 103 Å². The Hall–Kier alpha value is -4.41. The number of aromatic nitrogens is 1. The van der Waals surface area contributed by atoms with Crippen LogP contribution in [-0.4, -0.2) is 57.0 Å². The monoisotopic (exact) mass is 693 g/mol. The predicted molar refractivity (Wildman–Crippen MR) is 200 cm³/mol. The third-order valence-corrected chi connectivity index (χ3v) is 10.0. The summed E-state index contributed by atoms with van der Waals surface area (Å²) >= 11 is 0. The van der Waals surface area contributed by atoms with Crippen LogP contribution in [0.25, 0.3) is 10.8 Å². The van der Waals surface area contributed by atoms with Gasteiger partial charge in [-0.25, -0.2) is 0 Å². The maximum absolute atomic E-state index is 13.1. The molecule has 1 amide bonds. The van der Waals surface area contributed by atoms with Gasteiger partial charge in [0.2, 0.25) is 5.91 Å². The van der Waals surface area contributed by atoms with Crippen molar-refractivity contribution in [2.45, 2.75) is 88.6 Å². The fraction of sp³-hybridized carbons (Fsp3) is 0.405. The molecule has 0 saturated heterocycles. The predicted octanol–water partition coefficient (Wildman–Crippen LogP) is 6.21. The zero-order chi connectivity index (χ0) is 36.0. The summed E-state index contributed by atoms with van der Waals surface area (Å²) in [6, 6.07) is 25.0. The number of nitrogens with zero attached hydrogens (tertiary/aromatic N) is 1. The van der Waals surface area contributed by atoms with Crippen LogP contribution >= 0.6 is 0 Å². The van der Waals surface area contributed by atoms with Gasteiger partial charge in [0.25, 0.3) is 0 Å². The Bertz CT molecular complexity index is 1710. The number of benzene rings is 3. The van der Waals surface area contributed by atoms with Crippen LogP contribution in [0, 0.1) is 11.8 Å². The number of nitrogens with one attached hydrogen (secondary N) is 1. The van der Waals surface area contributed by atoms with Crippen LogP contribution in [0.1, 0.15) is 74.0 Å². The fourth-order valence-corrected chi connectivity index (χ4v) is 7.02. The number of ether oxygens (including phenoxy) is 1. The number of carbonyl (C=O) groups is 2. The van der Waals surface area contributed by atoms with Crippen molar-refractivity contribution in [1.82, 2.24) is 4.98 Å². The molecule has 1 aliphatic rings. The zero-order valence-electron chi connectivity index (χ0n) is 29.1. The summed E-state index contributed by atoms with van der Waals surface area (Å²) in [7, 11) is 0. The third kappa shape index (κ3) is 11.3. The molecule has 1 aliphatic carbocycles. The summed E-state index contributed by atoms with van der Waals surface area (Å²) in [5.74, 6) is -1.10. The highest BCUT2D eigenvalue weighted by atomic mass is 16.5. The summed E-state index contributed by atoms with van der Waals surface area (Å²) < 4.78 is 5.48. The first-order valence-electron chi connectivity index (χ1n) is 18.1. The number of unbranched alkanes of at least 4 members (excludes halogenated alkanes) is 1. The van der Waals surface area contributed by atoms with Gasteiger partial charge in [-0.05, 0) is 103 Å². The van der Waals surface area contributed by atoms with E-state index in [1.165, 1.54) is 5.56 Å². The molecule has 270 valence electrons. The summed E-state index contributed by atoms with van der Waals surface area (Å²) in [6.45, 7) is 0.292. The van der Waals surface area contributed by atoms with Gasteiger partial charge in [0.1, 0.15) is 6.61 Å². The second kappa shape index (κ2) is 19.3. The van der Waals surface area contributed by atoms with Crippen LogP contribution in [0.3, 0.4) is 0 Å². The topological polar surface area (TPSA) is 155 Å². The number of amides is 1. The Labute approximate surface area is 300 Å². The minimum Gasteiger partial charge on any atom is -0.461 e. The Morgan fingerprint density at radius 1 is 0.922 bits per heavy atom. The van der Waals surface area contributed by atoms with Crippen molar-refractivity contribution in [2.75, 3.05) is 11.9 Å². The molecule has 5 rings (SSSR count). The van der Waals surface area contributed by atoms with E-state index in [1.54, 1.807) is 12.4 Å². The third-order valence-electron chi connectivity index (χ3n) is 10.0. The van der Waals surface area contributed by atoms with Crippen molar-refractivity contribution < 1.29 is 29.6 Å². The summed E-state index contributed by atoms with van der Waals surface area (Å²) in [6.07, 6.45) is 11.4. The van der Waals surface area contributed by atoms with Crippen molar-refractivity contribution in [3.8, 4) is 0 Å². The van der Waals surface area contributed by atoms with Gasteiger partial charge in [0.15, 0.2) is 0 Å². The van der Waals surface area contributed by atoms with Crippen LogP contribution in [0.4, 0.5) is 5.69 Å². The smallest absolute Gasteiger partial charge is 0.306 e. The van der Waals surface area contributed by atoms with E-state index in [1.807, 2.05) is 78.9 Å². The van der Waals surface area contributed by atoms with Gasteiger partial charge >= 0.3 is 5.97 Å². The van der Waals surface area contributed by atoms with E-state index >= 15 is 0 Å². The first kappa shape index (κ1) is 37.8. The largest absolute Gasteiger partial charge is 0.461 e. The molecule has 4 aromatic rings. The number of allylic oxidation sites excluding steroid dienone is 2. The van der Waals surface area contributed by atoms with Gasteiger partial charge in [0, 0.05) is 36.4 Å². The van der Waals surface area contributed by atoms with Crippen molar-refractivity contribution >= 4 is 28.3 Å². The Kier molecular flexibility index (Phi) is 14.3. The number of hydrogen-bond donors (Lipinski definition) is 5. The van der Waals surface area contributed by atoms with E-state index in [2.05, 4.69) is 22.4 Å². The quantitative estimate of drug-likeness (QED) is 0.0469. The number of aliphatic hydroxyl groups is 3. The average Bonchev–Trinajstić information content (AvgIpc) is 3.42. The van der Waals surface area contributed by atoms with E-state index < -0.39 is 24.2 Å². The van der Waals surface area contributed by atoms with Crippen LogP contribution in [0.2, 0.25) is 0 Å². The second-order valence-corrected chi connectivity index (χ2v) is 13.7. The van der Waals surface area contributed by atoms with Crippen molar-refractivity contribution in [3.63, 3.8) is 0 Å². The zero-order valence-corrected chi connectivity index (χ0v) is 29.1. The van der Waals surface area contributed by atoms with Crippen molar-refractivity contribution in [2.24, 2.45) is 17.6 Å². The summed E-state index contributed by atoms with van der Waals surface area (Å²) in [5.41, 5.74) is 9.48. The normalized spacial score (nSPS) is 20.0. The fourth-order valence-electron chi connectivity index (χ4n) is 7.02. The van der Waals surface area contributed by atoms with E-state index in [9.17, 15) is 24.9 Å². The molecule has 9 heteroatoms. The second-order valence-electron chi connectivity index (χ2n) is 13.7. The molecule has 51 heavy (non-hydrogen) atoms. The molecule has 1 saturated carbocycles. The number of fused-ring (bicyclic) bond motifs is 1. The molecule has 0 radical (unpaired) electrons. The average molecular weight is 694 g/mol. The van der Waals surface area contributed by atoms with Crippen LogP contribution in [0.5, 0.6) is 0 Å². The molecule has 6 N–H and O–H groups in total. The van der Waals surface area contributed by atoms with E-state index in [0.29, 0.717) is 50.6 Å². The number of aliphatic hydroxyl groups excluding tert-OH is 3. The van der Waals surface area contributed by atoms with Gasteiger partial charge in [-0.2, -0.15) is 0 Å². The number of anilines is 1. The molecule has 1 aromatic heterocycles. The summed E-state index contributed by atoms with van der Waals surface area (Å²) in [4.78, 5) is 29.6. The maximum Gasteiger partial charge on any atom is 0.306 e. The lowest BCUT2D eigenvalue weighted by atomic mass is 9.85.